The Morgan fingerprint density at radius 1 is 1.16 bits per heavy atom. The average Bonchev–Trinajstić information content (AvgIpc) is 2.92. The van der Waals surface area contributed by atoms with Crippen LogP contribution >= 0.6 is 0 Å². The fourth-order valence-corrected chi connectivity index (χ4v) is 3.80. The lowest BCUT2D eigenvalue weighted by molar-refractivity contribution is 0.0940. The van der Waals surface area contributed by atoms with Gasteiger partial charge in [-0.25, -0.2) is 9.37 Å². The standard InChI is InChI=1S/C28H23FN6O2/c1-18(21-9-11-23(29)12-10-21)34-28(37)24-13-20(14-30)16-33-27(24)32-15-19-5-7-22(8-6-19)25-3-2-4-26(31)35(25)17-36/h2-13,16-18,31H,15H2,1H3,(H,32,33)(H,34,37). The maximum atomic E-state index is 13.2. The number of benzene rings is 2. The summed E-state index contributed by atoms with van der Waals surface area (Å²) in [5.74, 6) is -0.471. The van der Waals surface area contributed by atoms with Crippen LogP contribution in [0.4, 0.5) is 10.2 Å². The predicted octanol–water partition coefficient (Wildman–Crippen LogP) is 4.18. The van der Waals surface area contributed by atoms with Crippen molar-refractivity contribution in [3.63, 3.8) is 0 Å². The van der Waals surface area contributed by atoms with Gasteiger partial charge in [0.2, 0.25) is 6.41 Å². The van der Waals surface area contributed by atoms with Crippen LogP contribution in [-0.4, -0.2) is 21.9 Å². The van der Waals surface area contributed by atoms with E-state index in [-0.39, 0.29) is 22.4 Å². The van der Waals surface area contributed by atoms with Crippen LogP contribution in [0.15, 0.2) is 79.0 Å². The molecular weight excluding hydrogens is 471 g/mol. The SMILES string of the molecule is CC(NC(=O)c1cc(C#N)cnc1NCc1ccc(-c2cccc(=N)n2C=O)cc1)c1ccc(F)cc1. The van der Waals surface area contributed by atoms with Crippen LogP contribution in [0.25, 0.3) is 11.3 Å². The topological polar surface area (TPSA) is 124 Å². The van der Waals surface area contributed by atoms with E-state index in [1.807, 2.05) is 30.3 Å². The molecular formula is C28H23FN6O2. The van der Waals surface area contributed by atoms with Crippen LogP contribution < -0.4 is 16.1 Å². The van der Waals surface area contributed by atoms with Crippen LogP contribution in [-0.2, 0) is 11.3 Å². The molecule has 0 bridgehead atoms. The monoisotopic (exact) mass is 494 g/mol. The van der Waals surface area contributed by atoms with E-state index in [0.29, 0.717) is 24.5 Å². The van der Waals surface area contributed by atoms with E-state index in [1.165, 1.54) is 35.0 Å². The molecule has 2 aromatic carbocycles. The molecule has 3 N–H and O–H groups in total. The normalized spacial score (nSPS) is 11.3. The Morgan fingerprint density at radius 3 is 2.57 bits per heavy atom. The summed E-state index contributed by atoms with van der Waals surface area (Å²) in [7, 11) is 0. The molecule has 0 spiro atoms. The maximum absolute atomic E-state index is 13.2. The number of rotatable bonds is 8. The third-order valence-corrected chi connectivity index (χ3v) is 5.82. The third kappa shape index (κ3) is 5.77. The largest absolute Gasteiger partial charge is 0.365 e. The summed E-state index contributed by atoms with van der Waals surface area (Å²) >= 11 is 0. The molecule has 4 aromatic rings. The van der Waals surface area contributed by atoms with E-state index in [2.05, 4.69) is 15.6 Å². The summed E-state index contributed by atoms with van der Waals surface area (Å²) in [4.78, 5) is 28.7. The molecule has 0 aliphatic carbocycles. The van der Waals surface area contributed by atoms with Crippen LogP contribution in [0.3, 0.4) is 0 Å². The van der Waals surface area contributed by atoms with Gasteiger partial charge in [-0.15, -0.1) is 0 Å². The first-order chi connectivity index (χ1) is 17.9. The average molecular weight is 495 g/mol. The fraction of sp³-hybridized carbons (Fsp3) is 0.107. The van der Waals surface area contributed by atoms with Gasteiger partial charge in [0, 0.05) is 12.7 Å². The van der Waals surface area contributed by atoms with Crippen LogP contribution in [0.5, 0.6) is 0 Å². The van der Waals surface area contributed by atoms with Gasteiger partial charge >= 0.3 is 0 Å². The first-order valence-corrected chi connectivity index (χ1v) is 11.4. The molecule has 1 amide bonds. The molecule has 0 fully saturated rings. The molecule has 0 saturated carbocycles. The number of hydrogen-bond donors (Lipinski definition) is 3. The van der Waals surface area contributed by atoms with Gasteiger partial charge < -0.3 is 10.6 Å². The van der Waals surface area contributed by atoms with E-state index < -0.39 is 11.9 Å². The number of nitrogens with one attached hydrogen (secondary N) is 3. The number of pyridine rings is 2. The summed E-state index contributed by atoms with van der Waals surface area (Å²) in [6, 6.07) is 21.4. The molecule has 0 aliphatic rings. The first kappa shape index (κ1) is 25.0. The van der Waals surface area contributed by atoms with Crippen LogP contribution in [0.1, 0.15) is 40.0 Å². The summed E-state index contributed by atoms with van der Waals surface area (Å²) in [6.45, 7) is 2.13. The highest BCUT2D eigenvalue weighted by Gasteiger charge is 2.17. The Hall–Kier alpha value is -5.10. The summed E-state index contributed by atoms with van der Waals surface area (Å²) < 4.78 is 14.5. The Kier molecular flexibility index (Phi) is 7.50. The lowest BCUT2D eigenvalue weighted by Gasteiger charge is -2.17. The first-order valence-electron chi connectivity index (χ1n) is 11.4. The zero-order valence-corrected chi connectivity index (χ0v) is 19.9. The molecule has 8 nitrogen and oxygen atoms in total. The summed E-state index contributed by atoms with van der Waals surface area (Å²) in [6.07, 6.45) is 1.99. The van der Waals surface area contributed by atoms with Crippen molar-refractivity contribution in [1.82, 2.24) is 14.9 Å². The molecule has 1 atom stereocenters. The third-order valence-electron chi connectivity index (χ3n) is 5.82. The number of carbonyl (C=O) groups is 2. The van der Waals surface area contributed by atoms with Crippen LogP contribution in [0, 0.1) is 22.6 Å². The van der Waals surface area contributed by atoms with E-state index in [1.54, 1.807) is 31.2 Å². The number of halogens is 1. The Morgan fingerprint density at radius 2 is 1.89 bits per heavy atom. The fourth-order valence-electron chi connectivity index (χ4n) is 3.80. The Labute approximate surface area is 212 Å². The van der Waals surface area contributed by atoms with Crippen molar-refractivity contribution >= 4 is 18.1 Å². The second kappa shape index (κ2) is 11.1. The zero-order valence-electron chi connectivity index (χ0n) is 19.9. The quantitative estimate of drug-likeness (QED) is 0.317. The number of amides is 1. The Balaban J connectivity index is 1.51. The van der Waals surface area contributed by atoms with Gasteiger partial charge in [0.25, 0.3) is 5.91 Å². The number of hydrogen-bond acceptors (Lipinski definition) is 6. The van der Waals surface area contributed by atoms with E-state index >= 15 is 0 Å². The van der Waals surface area contributed by atoms with Crippen molar-refractivity contribution in [3.05, 3.63) is 113 Å². The molecule has 9 heteroatoms. The highest BCUT2D eigenvalue weighted by Crippen LogP contribution is 2.21. The molecule has 1 unspecified atom stereocenters. The highest BCUT2D eigenvalue weighted by molar-refractivity contribution is 5.99. The van der Waals surface area contributed by atoms with E-state index in [9.17, 15) is 19.2 Å². The number of nitriles is 1. The number of carbonyl (C=O) groups excluding carboxylic acids is 2. The summed E-state index contributed by atoms with van der Waals surface area (Å²) in [5.41, 5.74) is 3.55. The lowest BCUT2D eigenvalue weighted by atomic mass is 10.1. The molecule has 37 heavy (non-hydrogen) atoms. The second-order valence-electron chi connectivity index (χ2n) is 8.30. The maximum Gasteiger partial charge on any atom is 0.255 e. The van der Waals surface area contributed by atoms with E-state index in [4.69, 9.17) is 5.41 Å². The molecule has 2 aromatic heterocycles. The second-order valence-corrected chi connectivity index (χ2v) is 8.30. The van der Waals surface area contributed by atoms with Gasteiger partial charge in [-0.2, -0.15) is 5.26 Å². The predicted molar refractivity (Wildman–Crippen MR) is 136 cm³/mol. The zero-order chi connectivity index (χ0) is 26.4. The van der Waals surface area contributed by atoms with Crippen molar-refractivity contribution in [1.29, 1.82) is 10.7 Å². The number of nitrogens with zero attached hydrogens (tertiary/aromatic N) is 3. The van der Waals surface area contributed by atoms with Gasteiger partial charge in [-0.1, -0.05) is 42.5 Å². The highest BCUT2D eigenvalue weighted by atomic mass is 19.1. The molecule has 184 valence electrons. The smallest absolute Gasteiger partial charge is 0.255 e. The van der Waals surface area contributed by atoms with Gasteiger partial charge in [0.15, 0.2) is 0 Å². The summed E-state index contributed by atoms with van der Waals surface area (Å²) in [5, 5.41) is 23.2. The Bertz CT molecular complexity index is 1540. The number of anilines is 1. The molecule has 4 rings (SSSR count). The minimum atomic E-state index is -0.423. The minimum Gasteiger partial charge on any atom is -0.365 e. The van der Waals surface area contributed by atoms with Crippen LogP contribution in [0.2, 0.25) is 0 Å². The minimum absolute atomic E-state index is 0.0877. The molecule has 0 radical (unpaired) electrons. The van der Waals surface area contributed by atoms with Crippen molar-refractivity contribution < 1.29 is 14.0 Å². The van der Waals surface area contributed by atoms with Gasteiger partial charge in [-0.05, 0) is 53.9 Å². The van der Waals surface area contributed by atoms with Gasteiger partial charge in [-0.3, -0.25) is 19.6 Å². The van der Waals surface area contributed by atoms with Gasteiger partial charge in [0.05, 0.1) is 22.9 Å². The van der Waals surface area contributed by atoms with Gasteiger partial charge in [0.1, 0.15) is 23.2 Å². The lowest BCUT2D eigenvalue weighted by Crippen LogP contribution is -2.28. The van der Waals surface area contributed by atoms with E-state index in [0.717, 1.165) is 16.7 Å². The van der Waals surface area contributed by atoms with Crippen molar-refractivity contribution in [2.24, 2.45) is 0 Å². The molecule has 0 saturated heterocycles. The van der Waals surface area contributed by atoms with Crippen molar-refractivity contribution in [3.8, 4) is 17.3 Å². The van der Waals surface area contributed by atoms with Crippen molar-refractivity contribution in [2.45, 2.75) is 19.5 Å². The number of aromatic nitrogens is 2. The molecule has 0 aliphatic heterocycles. The van der Waals surface area contributed by atoms with Crippen molar-refractivity contribution in [2.75, 3.05) is 5.32 Å². The molecule has 2 heterocycles.